The predicted octanol–water partition coefficient (Wildman–Crippen LogP) is 3.99. The maximum atomic E-state index is 12.3. The fourth-order valence-corrected chi connectivity index (χ4v) is 3.07. The number of hydrogen-bond donors (Lipinski definition) is 0. The smallest absolute Gasteiger partial charge is 0.202 e. The van der Waals surface area contributed by atoms with Gasteiger partial charge in [-0.2, -0.15) is 0 Å². The maximum Gasteiger partial charge on any atom is 0.202 e. The highest BCUT2D eigenvalue weighted by Crippen LogP contribution is 2.32. The summed E-state index contributed by atoms with van der Waals surface area (Å²) in [5, 5.41) is -0.0469. The van der Waals surface area contributed by atoms with E-state index in [-0.39, 0.29) is 15.9 Å². The van der Waals surface area contributed by atoms with E-state index in [0.29, 0.717) is 11.0 Å². The van der Waals surface area contributed by atoms with E-state index in [2.05, 4.69) is 14.7 Å². The number of para-hydroxylation sites is 2. The summed E-state index contributed by atoms with van der Waals surface area (Å²) in [7, 11) is -3.88. The summed E-state index contributed by atoms with van der Waals surface area (Å²) in [6.07, 6.45) is 0. The molecule has 0 aliphatic heterocycles. The molecule has 0 aliphatic carbocycles. The van der Waals surface area contributed by atoms with Gasteiger partial charge in [-0.25, -0.2) is 13.4 Å². The van der Waals surface area contributed by atoms with Crippen LogP contribution in [0.15, 0.2) is 53.4 Å². The molecule has 0 amide bonds. The number of halogens is 1. The molecule has 2 aromatic carbocycles. The highest BCUT2D eigenvalue weighted by Gasteiger charge is 2.11. The van der Waals surface area contributed by atoms with Gasteiger partial charge in [0.1, 0.15) is 5.15 Å². The molecular formula is C15H11ClN3O2S-. The molecule has 0 radical (unpaired) electrons. The van der Waals surface area contributed by atoms with Crippen LogP contribution in [-0.2, 0) is 10.0 Å². The predicted molar refractivity (Wildman–Crippen MR) is 85.9 cm³/mol. The molecule has 0 fully saturated rings. The van der Waals surface area contributed by atoms with Crippen molar-refractivity contribution < 1.29 is 8.42 Å². The molecule has 0 N–H and O–H groups in total. The Bertz CT molecular complexity index is 941. The largest absolute Gasteiger partial charge is 0.431 e. The van der Waals surface area contributed by atoms with Gasteiger partial charge in [-0.15, -0.1) is 0 Å². The number of aryl methyl sites for hydroxylation is 1. The van der Waals surface area contributed by atoms with E-state index < -0.39 is 10.0 Å². The van der Waals surface area contributed by atoms with Crippen LogP contribution in [0, 0.1) is 6.92 Å². The Morgan fingerprint density at radius 2 is 1.55 bits per heavy atom. The average molecular weight is 333 g/mol. The number of benzene rings is 2. The van der Waals surface area contributed by atoms with Crippen molar-refractivity contribution in [3.05, 3.63) is 64.0 Å². The van der Waals surface area contributed by atoms with Gasteiger partial charge < -0.3 is 9.71 Å². The summed E-state index contributed by atoms with van der Waals surface area (Å²) in [5.41, 5.74) is 2.08. The van der Waals surface area contributed by atoms with Crippen LogP contribution in [0.5, 0.6) is 0 Å². The first-order chi connectivity index (χ1) is 10.5. The highest BCUT2D eigenvalue weighted by molar-refractivity contribution is 7.94. The third-order valence-corrected chi connectivity index (χ3v) is 4.57. The molecular weight excluding hydrogens is 322 g/mol. The fourth-order valence-electron chi connectivity index (χ4n) is 1.90. The molecule has 112 valence electrons. The lowest BCUT2D eigenvalue weighted by Crippen LogP contribution is -1.99. The number of aromatic nitrogens is 2. The molecule has 0 bridgehead atoms. The first kappa shape index (κ1) is 14.7. The van der Waals surface area contributed by atoms with E-state index in [1.54, 1.807) is 36.4 Å². The molecule has 22 heavy (non-hydrogen) atoms. The molecule has 3 rings (SSSR count). The van der Waals surface area contributed by atoms with Gasteiger partial charge in [0.25, 0.3) is 0 Å². The summed E-state index contributed by atoms with van der Waals surface area (Å²) < 4.78 is 28.3. The van der Waals surface area contributed by atoms with Crippen molar-refractivity contribution in [1.82, 2.24) is 9.97 Å². The zero-order chi connectivity index (χ0) is 15.7. The Morgan fingerprint density at radius 1 is 0.955 bits per heavy atom. The lowest BCUT2D eigenvalue weighted by molar-refractivity contribution is 0.603. The molecule has 0 saturated carbocycles. The Kier molecular flexibility index (Phi) is 3.72. The quantitative estimate of drug-likeness (QED) is 0.727. The summed E-state index contributed by atoms with van der Waals surface area (Å²) in [6.45, 7) is 1.87. The molecule has 0 aliphatic rings. The number of sulfonamides is 1. The molecule has 1 heterocycles. The molecule has 1 aromatic heterocycles. The Hall–Kier alpha value is -2.18. The van der Waals surface area contributed by atoms with Gasteiger partial charge in [-0.3, -0.25) is 0 Å². The molecule has 0 spiro atoms. The minimum absolute atomic E-state index is 0.0469. The van der Waals surface area contributed by atoms with Gasteiger partial charge in [0.2, 0.25) is 10.0 Å². The van der Waals surface area contributed by atoms with Crippen LogP contribution in [0.2, 0.25) is 5.15 Å². The molecule has 7 heteroatoms. The normalized spacial score (nSPS) is 11.5. The summed E-state index contributed by atoms with van der Waals surface area (Å²) >= 11 is 5.99. The second kappa shape index (κ2) is 5.55. The van der Waals surface area contributed by atoms with Crippen LogP contribution in [0.4, 0.5) is 5.82 Å². The molecule has 0 atom stereocenters. The van der Waals surface area contributed by atoms with Crippen LogP contribution in [0.3, 0.4) is 0 Å². The van der Waals surface area contributed by atoms with Crippen LogP contribution in [0.1, 0.15) is 5.56 Å². The van der Waals surface area contributed by atoms with E-state index >= 15 is 0 Å². The van der Waals surface area contributed by atoms with Crippen LogP contribution in [-0.4, -0.2) is 18.4 Å². The lowest BCUT2D eigenvalue weighted by Gasteiger charge is -2.17. The third-order valence-electron chi connectivity index (χ3n) is 3.04. The first-order valence-corrected chi connectivity index (χ1v) is 8.24. The second-order valence-corrected chi connectivity index (χ2v) is 6.67. The number of rotatable bonds is 3. The van der Waals surface area contributed by atoms with Crippen molar-refractivity contribution >= 4 is 38.5 Å². The standard InChI is InChI=1S/C15H11ClN3O2S/c1-10-6-8-11(9-7-10)22(20,21)19-15-14(16)17-12-4-2-3-5-13(12)18-15/h2-9H,1H3/q-1. The van der Waals surface area contributed by atoms with Crippen molar-refractivity contribution in [3.8, 4) is 0 Å². The zero-order valence-electron chi connectivity index (χ0n) is 11.6. The molecule has 3 aromatic rings. The van der Waals surface area contributed by atoms with E-state index in [1.807, 2.05) is 6.92 Å². The van der Waals surface area contributed by atoms with Crippen molar-refractivity contribution in [2.75, 3.05) is 0 Å². The van der Waals surface area contributed by atoms with Crippen LogP contribution < -0.4 is 0 Å². The third kappa shape index (κ3) is 2.88. The van der Waals surface area contributed by atoms with Crippen molar-refractivity contribution in [2.45, 2.75) is 11.8 Å². The molecule has 5 nitrogen and oxygen atoms in total. The van der Waals surface area contributed by atoms with Gasteiger partial charge in [0.15, 0.2) is 0 Å². The Labute approximate surface area is 133 Å². The number of hydrogen-bond acceptors (Lipinski definition) is 4. The van der Waals surface area contributed by atoms with Crippen LogP contribution >= 0.6 is 11.6 Å². The number of nitrogens with zero attached hydrogens (tertiary/aromatic N) is 3. The van der Waals surface area contributed by atoms with Crippen molar-refractivity contribution in [3.63, 3.8) is 0 Å². The minimum Gasteiger partial charge on any atom is -0.431 e. The van der Waals surface area contributed by atoms with Crippen LogP contribution in [0.25, 0.3) is 15.8 Å². The zero-order valence-corrected chi connectivity index (χ0v) is 13.1. The Balaban J connectivity index is 2.01. The second-order valence-electron chi connectivity index (χ2n) is 4.71. The lowest BCUT2D eigenvalue weighted by atomic mass is 10.2. The average Bonchev–Trinajstić information content (AvgIpc) is 2.48. The van der Waals surface area contributed by atoms with Crippen molar-refractivity contribution in [1.29, 1.82) is 0 Å². The first-order valence-electron chi connectivity index (χ1n) is 6.43. The monoisotopic (exact) mass is 332 g/mol. The molecule has 0 unspecified atom stereocenters. The van der Waals surface area contributed by atoms with E-state index in [9.17, 15) is 8.42 Å². The SMILES string of the molecule is Cc1ccc(S(=O)(=O)[N-]c2nc3ccccc3nc2Cl)cc1. The Morgan fingerprint density at radius 3 is 2.18 bits per heavy atom. The fraction of sp³-hybridized carbons (Fsp3) is 0.0667. The molecule has 0 saturated heterocycles. The van der Waals surface area contributed by atoms with Gasteiger partial charge in [0.05, 0.1) is 10.4 Å². The van der Waals surface area contributed by atoms with E-state index in [1.165, 1.54) is 12.1 Å². The minimum atomic E-state index is -3.88. The van der Waals surface area contributed by atoms with Gasteiger partial charge >= 0.3 is 0 Å². The van der Waals surface area contributed by atoms with Crippen molar-refractivity contribution in [2.24, 2.45) is 0 Å². The van der Waals surface area contributed by atoms with Gasteiger partial charge in [-0.05, 0) is 36.5 Å². The topological polar surface area (TPSA) is 74.0 Å². The van der Waals surface area contributed by atoms with Gasteiger partial charge in [0, 0.05) is 0 Å². The highest BCUT2D eigenvalue weighted by atomic mass is 35.5. The number of fused-ring (bicyclic) bond motifs is 1. The maximum absolute atomic E-state index is 12.3. The van der Waals surface area contributed by atoms with E-state index in [4.69, 9.17) is 11.6 Å². The summed E-state index contributed by atoms with van der Waals surface area (Å²) in [6, 6.07) is 13.4. The summed E-state index contributed by atoms with van der Waals surface area (Å²) in [5.74, 6) is -0.110. The van der Waals surface area contributed by atoms with Gasteiger partial charge in [-0.1, -0.05) is 47.5 Å². The van der Waals surface area contributed by atoms with E-state index in [0.717, 1.165) is 5.56 Å². The summed E-state index contributed by atoms with van der Waals surface area (Å²) in [4.78, 5) is 8.36.